The molecule has 1 aliphatic heterocycles. The third-order valence-corrected chi connectivity index (χ3v) is 5.41. The number of rotatable bonds is 4. The van der Waals surface area contributed by atoms with Crippen LogP contribution >= 0.6 is 15.9 Å². The minimum absolute atomic E-state index is 0.0173. The van der Waals surface area contributed by atoms with Crippen LogP contribution in [-0.4, -0.2) is 43.6 Å². The number of amides is 1. The lowest BCUT2D eigenvalue weighted by Crippen LogP contribution is -2.42. The molecule has 0 spiro atoms. The fourth-order valence-corrected chi connectivity index (χ4v) is 2.99. The maximum Gasteiger partial charge on any atom is 0.308 e. The number of piperidine rings is 1. The van der Waals surface area contributed by atoms with Crippen molar-refractivity contribution in [2.24, 2.45) is 5.92 Å². The van der Waals surface area contributed by atoms with Crippen LogP contribution in [0.5, 0.6) is 5.75 Å². The van der Waals surface area contributed by atoms with Crippen molar-refractivity contribution >= 4 is 27.8 Å². The van der Waals surface area contributed by atoms with E-state index in [1.165, 1.54) is 7.11 Å². The van der Waals surface area contributed by atoms with Crippen molar-refractivity contribution in [2.75, 3.05) is 26.8 Å². The highest BCUT2D eigenvalue weighted by atomic mass is 79.9. The fourth-order valence-electron chi connectivity index (χ4n) is 2.76. The van der Waals surface area contributed by atoms with Gasteiger partial charge in [-0.2, -0.15) is 0 Å². The summed E-state index contributed by atoms with van der Waals surface area (Å²) in [7, 11) is 1.40. The third kappa shape index (κ3) is 4.47. The summed E-state index contributed by atoms with van der Waals surface area (Å²) in [5.41, 5.74) is 2.15. The predicted octanol–water partition coefficient (Wildman–Crippen LogP) is 2.86. The molecule has 0 bridgehead atoms. The second-order valence-electron chi connectivity index (χ2n) is 5.84. The molecule has 1 aliphatic rings. The van der Waals surface area contributed by atoms with Gasteiger partial charge in [0.05, 0.1) is 13.0 Å². The van der Waals surface area contributed by atoms with Crippen LogP contribution in [0.3, 0.4) is 0 Å². The standard InChI is InChI=1S/C17H22BrNO4/c1-11-8-14(9-12(2)16(11)18)23-10-15(20)19-6-4-13(5-7-19)17(21)22-3/h8-9,13H,4-7,10H2,1-3H3. The van der Waals surface area contributed by atoms with Crippen molar-refractivity contribution in [3.63, 3.8) is 0 Å². The van der Waals surface area contributed by atoms with Gasteiger partial charge in [-0.25, -0.2) is 0 Å². The van der Waals surface area contributed by atoms with Gasteiger partial charge in [0.2, 0.25) is 0 Å². The quantitative estimate of drug-likeness (QED) is 0.750. The Hall–Kier alpha value is -1.56. The Morgan fingerprint density at radius 3 is 2.30 bits per heavy atom. The monoisotopic (exact) mass is 383 g/mol. The topological polar surface area (TPSA) is 55.8 Å². The van der Waals surface area contributed by atoms with E-state index in [4.69, 9.17) is 9.47 Å². The van der Waals surface area contributed by atoms with E-state index >= 15 is 0 Å². The lowest BCUT2D eigenvalue weighted by atomic mass is 9.97. The lowest BCUT2D eigenvalue weighted by Gasteiger charge is -2.30. The Labute approximate surface area is 145 Å². The summed E-state index contributed by atoms with van der Waals surface area (Å²) >= 11 is 3.51. The van der Waals surface area contributed by atoms with Crippen LogP contribution in [0.1, 0.15) is 24.0 Å². The van der Waals surface area contributed by atoms with Gasteiger partial charge in [-0.1, -0.05) is 15.9 Å². The number of likely N-dealkylation sites (tertiary alicyclic amines) is 1. The number of carbonyl (C=O) groups is 2. The van der Waals surface area contributed by atoms with E-state index in [-0.39, 0.29) is 24.4 Å². The SMILES string of the molecule is COC(=O)C1CCN(C(=O)COc2cc(C)c(Br)c(C)c2)CC1. The zero-order valence-electron chi connectivity index (χ0n) is 13.7. The van der Waals surface area contributed by atoms with E-state index in [1.807, 2.05) is 26.0 Å². The number of methoxy groups -OCH3 is 1. The van der Waals surface area contributed by atoms with Gasteiger partial charge in [-0.3, -0.25) is 9.59 Å². The second-order valence-corrected chi connectivity index (χ2v) is 6.63. The number of ether oxygens (including phenoxy) is 2. The molecule has 2 rings (SSSR count). The van der Waals surface area contributed by atoms with Crippen molar-refractivity contribution in [1.29, 1.82) is 0 Å². The highest BCUT2D eigenvalue weighted by Crippen LogP contribution is 2.26. The van der Waals surface area contributed by atoms with E-state index in [1.54, 1.807) is 4.90 Å². The first-order chi connectivity index (χ1) is 10.9. The molecule has 23 heavy (non-hydrogen) atoms. The zero-order valence-corrected chi connectivity index (χ0v) is 15.3. The molecule has 5 nitrogen and oxygen atoms in total. The van der Waals surface area contributed by atoms with Gasteiger partial charge in [-0.15, -0.1) is 0 Å². The fraction of sp³-hybridized carbons (Fsp3) is 0.529. The summed E-state index contributed by atoms with van der Waals surface area (Å²) in [4.78, 5) is 25.5. The number of nitrogens with zero attached hydrogens (tertiary/aromatic N) is 1. The molecule has 1 fully saturated rings. The summed E-state index contributed by atoms with van der Waals surface area (Å²) in [5.74, 6) is 0.364. The molecular weight excluding hydrogens is 362 g/mol. The molecule has 1 heterocycles. The molecule has 126 valence electrons. The van der Waals surface area contributed by atoms with E-state index in [2.05, 4.69) is 15.9 Å². The van der Waals surface area contributed by atoms with Crippen LogP contribution in [0.15, 0.2) is 16.6 Å². The molecule has 0 aromatic heterocycles. The van der Waals surface area contributed by atoms with E-state index in [9.17, 15) is 9.59 Å². The van der Waals surface area contributed by atoms with Crippen molar-refractivity contribution in [1.82, 2.24) is 4.90 Å². The molecular formula is C17H22BrNO4. The summed E-state index contributed by atoms with van der Waals surface area (Å²) in [6, 6.07) is 3.82. The number of carbonyl (C=O) groups excluding carboxylic acids is 2. The van der Waals surface area contributed by atoms with Gasteiger partial charge in [0.15, 0.2) is 6.61 Å². The third-order valence-electron chi connectivity index (χ3n) is 4.15. The maximum atomic E-state index is 12.2. The van der Waals surface area contributed by atoms with Crippen LogP contribution < -0.4 is 4.74 Å². The van der Waals surface area contributed by atoms with Gasteiger partial charge >= 0.3 is 5.97 Å². The van der Waals surface area contributed by atoms with E-state index in [0.717, 1.165) is 15.6 Å². The summed E-state index contributed by atoms with van der Waals surface area (Å²) < 4.78 is 11.4. The molecule has 0 saturated carbocycles. The van der Waals surface area contributed by atoms with Crippen LogP contribution in [0.4, 0.5) is 0 Å². The van der Waals surface area contributed by atoms with Gasteiger partial charge in [0.25, 0.3) is 5.91 Å². The van der Waals surface area contributed by atoms with E-state index < -0.39 is 0 Å². The Morgan fingerprint density at radius 1 is 1.22 bits per heavy atom. The Balaban J connectivity index is 1.85. The molecule has 0 unspecified atom stereocenters. The van der Waals surface area contributed by atoms with Crippen LogP contribution in [0.25, 0.3) is 0 Å². The van der Waals surface area contributed by atoms with Gasteiger partial charge < -0.3 is 14.4 Å². The highest BCUT2D eigenvalue weighted by molar-refractivity contribution is 9.10. The number of hydrogen-bond acceptors (Lipinski definition) is 4. The van der Waals surface area contributed by atoms with Crippen molar-refractivity contribution in [3.8, 4) is 5.75 Å². The maximum absolute atomic E-state index is 12.2. The minimum atomic E-state index is -0.186. The van der Waals surface area contributed by atoms with Crippen LogP contribution in [0.2, 0.25) is 0 Å². The highest BCUT2D eigenvalue weighted by Gasteiger charge is 2.27. The normalized spacial score (nSPS) is 15.4. The Bertz CT molecular complexity index is 571. The Morgan fingerprint density at radius 2 is 1.78 bits per heavy atom. The van der Waals surface area contributed by atoms with Crippen molar-refractivity contribution in [2.45, 2.75) is 26.7 Å². The zero-order chi connectivity index (χ0) is 17.0. The van der Waals surface area contributed by atoms with Crippen LogP contribution in [0, 0.1) is 19.8 Å². The first kappa shape index (κ1) is 17.8. The summed E-state index contributed by atoms with van der Waals surface area (Å²) in [5, 5.41) is 0. The van der Waals surface area contributed by atoms with Crippen LogP contribution in [-0.2, 0) is 14.3 Å². The molecule has 6 heteroatoms. The molecule has 0 aliphatic carbocycles. The minimum Gasteiger partial charge on any atom is -0.484 e. The van der Waals surface area contributed by atoms with Crippen molar-refractivity contribution in [3.05, 3.63) is 27.7 Å². The number of hydrogen-bond donors (Lipinski definition) is 0. The molecule has 1 aromatic rings. The second kappa shape index (κ2) is 7.81. The molecule has 0 N–H and O–H groups in total. The number of esters is 1. The van der Waals surface area contributed by atoms with Gasteiger partial charge in [0, 0.05) is 17.6 Å². The Kier molecular flexibility index (Phi) is 6.04. The van der Waals surface area contributed by atoms with E-state index in [0.29, 0.717) is 31.7 Å². The smallest absolute Gasteiger partial charge is 0.308 e. The number of benzene rings is 1. The van der Waals surface area contributed by atoms with Crippen molar-refractivity contribution < 1.29 is 19.1 Å². The molecule has 0 radical (unpaired) electrons. The average molecular weight is 384 g/mol. The molecule has 1 aromatic carbocycles. The molecule has 1 amide bonds. The predicted molar refractivity (Wildman–Crippen MR) is 90.4 cm³/mol. The molecule has 1 saturated heterocycles. The first-order valence-corrected chi connectivity index (χ1v) is 8.46. The number of halogens is 1. The average Bonchev–Trinajstić information content (AvgIpc) is 2.56. The molecule has 0 atom stereocenters. The summed E-state index contributed by atoms with van der Waals surface area (Å²) in [6.07, 6.45) is 1.30. The first-order valence-electron chi connectivity index (χ1n) is 7.67. The number of aryl methyl sites for hydroxylation is 2. The van der Waals surface area contributed by atoms with Gasteiger partial charge in [0.1, 0.15) is 5.75 Å². The largest absolute Gasteiger partial charge is 0.484 e. The summed E-state index contributed by atoms with van der Waals surface area (Å²) in [6.45, 7) is 5.14. The lowest BCUT2D eigenvalue weighted by molar-refractivity contribution is -0.149. The van der Waals surface area contributed by atoms with Gasteiger partial charge in [-0.05, 0) is 49.9 Å².